The van der Waals surface area contributed by atoms with E-state index in [1.807, 2.05) is 6.92 Å². The van der Waals surface area contributed by atoms with Gasteiger partial charge in [-0.3, -0.25) is 0 Å². The highest BCUT2D eigenvalue weighted by Crippen LogP contribution is 2.27. The maximum atomic E-state index is 8.94. The molecule has 0 saturated carbocycles. The first-order chi connectivity index (χ1) is 4.66. The van der Waals surface area contributed by atoms with Crippen molar-refractivity contribution in [2.75, 3.05) is 6.61 Å². The normalized spacial score (nSPS) is 41.7. The molecule has 1 rings (SSSR count). The number of aliphatic hydroxyl groups is 1. The molecule has 2 heteroatoms. The van der Waals surface area contributed by atoms with Gasteiger partial charge in [-0.25, -0.2) is 0 Å². The van der Waals surface area contributed by atoms with Crippen molar-refractivity contribution in [1.82, 2.24) is 0 Å². The van der Waals surface area contributed by atoms with Crippen LogP contribution < -0.4 is 0 Å². The number of hydrogen-bond acceptors (Lipinski definition) is 2. The maximum Gasteiger partial charge on any atom is 0.0887 e. The van der Waals surface area contributed by atoms with Gasteiger partial charge in [0.15, 0.2) is 0 Å². The van der Waals surface area contributed by atoms with E-state index < -0.39 is 0 Å². The molecule has 10 heavy (non-hydrogen) atoms. The van der Waals surface area contributed by atoms with Crippen LogP contribution in [-0.2, 0) is 4.74 Å². The van der Waals surface area contributed by atoms with Gasteiger partial charge in [-0.05, 0) is 33.1 Å². The van der Waals surface area contributed by atoms with Crippen LogP contribution in [-0.4, -0.2) is 23.4 Å². The van der Waals surface area contributed by atoms with Gasteiger partial charge in [-0.15, -0.1) is 0 Å². The second kappa shape index (κ2) is 2.89. The molecule has 0 unspecified atom stereocenters. The first kappa shape index (κ1) is 8.02. The molecule has 60 valence electrons. The van der Waals surface area contributed by atoms with Crippen molar-refractivity contribution in [2.45, 2.75) is 44.8 Å². The number of hydrogen-bond donors (Lipinski definition) is 1. The van der Waals surface area contributed by atoms with Crippen LogP contribution in [0.3, 0.4) is 0 Å². The summed E-state index contributed by atoms with van der Waals surface area (Å²) in [6.45, 7) is 4.19. The molecule has 2 atom stereocenters. The predicted molar refractivity (Wildman–Crippen MR) is 39.9 cm³/mol. The molecule has 0 aromatic rings. The molecular weight excluding hydrogens is 128 g/mol. The summed E-state index contributed by atoms with van der Waals surface area (Å²) >= 11 is 0. The van der Waals surface area contributed by atoms with Crippen molar-refractivity contribution < 1.29 is 9.84 Å². The Kier molecular flexibility index (Phi) is 2.32. The molecule has 1 N–H and O–H groups in total. The van der Waals surface area contributed by atoms with E-state index in [-0.39, 0.29) is 12.2 Å². The standard InChI is InChI=1S/C8H16O2/c1-7-4-3-5-8(2,6-9)10-7/h7,9H,3-6H2,1-2H3/t7-,8-/m1/s1. The molecule has 1 saturated heterocycles. The van der Waals surface area contributed by atoms with E-state index in [0.717, 1.165) is 12.8 Å². The Morgan fingerprint density at radius 2 is 2.40 bits per heavy atom. The quantitative estimate of drug-likeness (QED) is 0.601. The van der Waals surface area contributed by atoms with Crippen LogP contribution in [0.1, 0.15) is 33.1 Å². The molecular formula is C8H16O2. The van der Waals surface area contributed by atoms with Crippen LogP contribution in [0.5, 0.6) is 0 Å². The highest BCUT2D eigenvalue weighted by atomic mass is 16.5. The van der Waals surface area contributed by atoms with Crippen LogP contribution in [0.25, 0.3) is 0 Å². The summed E-state index contributed by atoms with van der Waals surface area (Å²) in [7, 11) is 0. The van der Waals surface area contributed by atoms with Crippen LogP contribution in [0, 0.1) is 0 Å². The van der Waals surface area contributed by atoms with Crippen LogP contribution in [0.15, 0.2) is 0 Å². The Labute approximate surface area is 62.2 Å². The van der Waals surface area contributed by atoms with Gasteiger partial charge in [0, 0.05) is 0 Å². The van der Waals surface area contributed by atoms with E-state index in [4.69, 9.17) is 9.84 Å². The minimum atomic E-state index is -0.252. The van der Waals surface area contributed by atoms with Gasteiger partial charge in [0.25, 0.3) is 0 Å². The maximum absolute atomic E-state index is 8.94. The second-order valence-electron chi connectivity index (χ2n) is 3.43. The summed E-state index contributed by atoms with van der Waals surface area (Å²) in [6, 6.07) is 0. The summed E-state index contributed by atoms with van der Waals surface area (Å²) in [5.74, 6) is 0. The predicted octanol–water partition coefficient (Wildman–Crippen LogP) is 1.33. The zero-order valence-electron chi connectivity index (χ0n) is 6.76. The molecule has 1 fully saturated rings. The van der Waals surface area contributed by atoms with Crippen molar-refractivity contribution in [3.63, 3.8) is 0 Å². The molecule has 0 amide bonds. The Balaban J connectivity index is 2.45. The van der Waals surface area contributed by atoms with Crippen LogP contribution in [0.2, 0.25) is 0 Å². The average Bonchev–Trinajstić information content (AvgIpc) is 1.88. The second-order valence-corrected chi connectivity index (χ2v) is 3.43. The summed E-state index contributed by atoms with van der Waals surface area (Å²) < 4.78 is 5.57. The topological polar surface area (TPSA) is 29.5 Å². The fourth-order valence-electron chi connectivity index (χ4n) is 1.48. The molecule has 0 aromatic carbocycles. The first-order valence-electron chi connectivity index (χ1n) is 3.95. The third kappa shape index (κ3) is 1.70. The van der Waals surface area contributed by atoms with E-state index in [0.29, 0.717) is 6.10 Å². The third-order valence-electron chi connectivity index (χ3n) is 2.14. The molecule has 0 aromatic heterocycles. The van der Waals surface area contributed by atoms with Gasteiger partial charge in [0.1, 0.15) is 0 Å². The average molecular weight is 144 g/mol. The summed E-state index contributed by atoms with van der Waals surface area (Å²) in [5, 5.41) is 8.94. The summed E-state index contributed by atoms with van der Waals surface area (Å²) in [5.41, 5.74) is -0.252. The SMILES string of the molecule is C[C@@H]1CCC[C@](C)(CO)O1. The highest BCUT2D eigenvalue weighted by Gasteiger charge is 2.29. The van der Waals surface area contributed by atoms with Crippen molar-refractivity contribution in [1.29, 1.82) is 0 Å². The molecule has 1 aliphatic heterocycles. The fourth-order valence-corrected chi connectivity index (χ4v) is 1.48. The van der Waals surface area contributed by atoms with Crippen LogP contribution in [0.4, 0.5) is 0 Å². The van der Waals surface area contributed by atoms with Gasteiger partial charge < -0.3 is 9.84 Å². The van der Waals surface area contributed by atoms with Crippen molar-refractivity contribution in [2.24, 2.45) is 0 Å². The third-order valence-corrected chi connectivity index (χ3v) is 2.14. The molecule has 0 spiro atoms. The fraction of sp³-hybridized carbons (Fsp3) is 1.00. The molecule has 0 radical (unpaired) electrons. The lowest BCUT2D eigenvalue weighted by molar-refractivity contribution is -0.132. The Morgan fingerprint density at radius 3 is 2.80 bits per heavy atom. The lowest BCUT2D eigenvalue weighted by Crippen LogP contribution is -2.39. The number of aliphatic hydroxyl groups excluding tert-OH is 1. The Bertz CT molecular complexity index is 114. The van der Waals surface area contributed by atoms with E-state index in [2.05, 4.69) is 6.92 Å². The molecule has 0 bridgehead atoms. The van der Waals surface area contributed by atoms with Gasteiger partial charge in [-0.2, -0.15) is 0 Å². The Morgan fingerprint density at radius 1 is 1.70 bits per heavy atom. The van der Waals surface area contributed by atoms with Crippen molar-refractivity contribution in [3.8, 4) is 0 Å². The first-order valence-corrected chi connectivity index (χ1v) is 3.95. The molecule has 1 heterocycles. The van der Waals surface area contributed by atoms with E-state index in [1.165, 1.54) is 6.42 Å². The van der Waals surface area contributed by atoms with Gasteiger partial charge in [0.05, 0.1) is 18.3 Å². The Hall–Kier alpha value is -0.0800. The minimum absolute atomic E-state index is 0.150. The monoisotopic (exact) mass is 144 g/mol. The molecule has 2 nitrogen and oxygen atoms in total. The largest absolute Gasteiger partial charge is 0.393 e. The van der Waals surface area contributed by atoms with E-state index in [9.17, 15) is 0 Å². The summed E-state index contributed by atoms with van der Waals surface area (Å²) in [4.78, 5) is 0. The summed E-state index contributed by atoms with van der Waals surface area (Å²) in [6.07, 6.45) is 3.63. The van der Waals surface area contributed by atoms with Gasteiger partial charge >= 0.3 is 0 Å². The van der Waals surface area contributed by atoms with Gasteiger partial charge in [0.2, 0.25) is 0 Å². The molecule has 1 aliphatic rings. The van der Waals surface area contributed by atoms with Gasteiger partial charge in [-0.1, -0.05) is 0 Å². The number of ether oxygens (including phenoxy) is 1. The molecule has 0 aliphatic carbocycles. The zero-order valence-corrected chi connectivity index (χ0v) is 6.76. The van der Waals surface area contributed by atoms with Crippen molar-refractivity contribution in [3.05, 3.63) is 0 Å². The van der Waals surface area contributed by atoms with E-state index in [1.54, 1.807) is 0 Å². The van der Waals surface area contributed by atoms with Crippen LogP contribution >= 0.6 is 0 Å². The smallest absolute Gasteiger partial charge is 0.0887 e. The van der Waals surface area contributed by atoms with Crippen molar-refractivity contribution >= 4 is 0 Å². The zero-order chi connectivity index (χ0) is 7.61. The number of rotatable bonds is 1. The minimum Gasteiger partial charge on any atom is -0.393 e. The lowest BCUT2D eigenvalue weighted by Gasteiger charge is -2.35. The highest BCUT2D eigenvalue weighted by molar-refractivity contribution is 4.79. The lowest BCUT2D eigenvalue weighted by atomic mass is 9.94. The van der Waals surface area contributed by atoms with E-state index >= 15 is 0 Å².